The van der Waals surface area contributed by atoms with Crippen LogP contribution in [0.3, 0.4) is 0 Å². The summed E-state index contributed by atoms with van der Waals surface area (Å²) in [5, 5.41) is 21.8. The Balaban J connectivity index is 0. The molecular formula is C73H139FN4O15S3Si3. The van der Waals surface area contributed by atoms with Crippen LogP contribution in [-0.4, -0.2) is 182 Å². The summed E-state index contributed by atoms with van der Waals surface area (Å²) >= 11 is 5.30. The van der Waals surface area contributed by atoms with Gasteiger partial charge in [-0.25, -0.2) is 19.2 Å². The smallest absolute Gasteiger partial charge is 0.407 e. The number of hydrogen-bond acceptors (Lipinski definition) is 17. The van der Waals surface area contributed by atoms with Gasteiger partial charge in [0.2, 0.25) is 0 Å². The average molecular weight is 1510 g/mol. The van der Waals surface area contributed by atoms with Gasteiger partial charge in [-0.05, 0) is 173 Å². The lowest BCUT2D eigenvalue weighted by atomic mass is 9.98. The van der Waals surface area contributed by atoms with Gasteiger partial charge in [-0.3, -0.25) is 9.18 Å². The topological polar surface area (TPSA) is 245 Å². The van der Waals surface area contributed by atoms with E-state index in [1.165, 1.54) is 0 Å². The molecule has 19 nitrogen and oxygen atoms in total. The molecule has 3 saturated heterocycles. The number of carbonyl (C=O) groups excluding carboxylic acids is 5. The maximum atomic E-state index is 12.8. The molecule has 0 radical (unpaired) electrons. The molecule has 1 aromatic rings. The van der Waals surface area contributed by atoms with Gasteiger partial charge in [-0.1, -0.05) is 119 Å². The number of rotatable bonds is 20. The van der Waals surface area contributed by atoms with Crippen molar-refractivity contribution < 1.29 is 76.3 Å². The third-order valence-corrected chi connectivity index (χ3v) is 33.1. The minimum absolute atomic E-state index is 0.0754. The highest BCUT2D eigenvalue weighted by molar-refractivity contribution is 7.99. The molecule has 3 heterocycles. The highest BCUT2D eigenvalue weighted by atomic mass is 32.2. The number of carboxylic acid groups (broad SMARTS) is 1. The zero-order valence-corrected chi connectivity index (χ0v) is 72.1. The zero-order valence-electron chi connectivity index (χ0n) is 67.6. The number of thioether (sulfide) groups is 3. The van der Waals surface area contributed by atoms with E-state index in [0.29, 0.717) is 37.7 Å². The van der Waals surface area contributed by atoms with Crippen molar-refractivity contribution in [1.29, 1.82) is 0 Å². The van der Waals surface area contributed by atoms with E-state index in [1.54, 1.807) is 51.4 Å². The second-order valence-corrected chi connectivity index (χ2v) is 51.0. The fourth-order valence-corrected chi connectivity index (χ4v) is 18.4. The van der Waals surface area contributed by atoms with Crippen LogP contribution < -0.4 is 26.5 Å². The number of benzene rings is 1. The molecule has 0 aliphatic carbocycles. The molecule has 578 valence electrons. The Morgan fingerprint density at radius 1 is 0.616 bits per heavy atom. The van der Waals surface area contributed by atoms with Crippen molar-refractivity contribution in [2.75, 3.05) is 68.6 Å². The van der Waals surface area contributed by atoms with E-state index in [1.807, 2.05) is 98.4 Å². The van der Waals surface area contributed by atoms with E-state index in [0.717, 1.165) is 65.6 Å². The third kappa shape index (κ3) is 41.1. The number of carbonyl (C=O) groups is 6. The lowest BCUT2D eigenvalue weighted by Crippen LogP contribution is -2.60. The second kappa shape index (κ2) is 44.5. The van der Waals surface area contributed by atoms with Crippen molar-refractivity contribution in [2.45, 2.75) is 280 Å². The zero-order chi connectivity index (χ0) is 78.1. The van der Waals surface area contributed by atoms with Crippen LogP contribution in [0.1, 0.15) is 193 Å². The van der Waals surface area contributed by atoms with Gasteiger partial charge in [-0.15, -0.1) is 6.58 Å². The Kier molecular flexibility index (Phi) is 43.0. The molecular weight excluding hydrogens is 1370 g/mol. The summed E-state index contributed by atoms with van der Waals surface area (Å²) in [4.78, 5) is 69.8. The first-order valence-electron chi connectivity index (χ1n) is 35.6. The first kappa shape index (κ1) is 95.7. The SMILES string of the molecule is C=C[C@@H](CO[Si](C)(C)C(C)(C)C)[C@@H](CCO[Si](OC)(c1ccccc1)C(C)(C)C)NC(=O)OC(C)(C)C.CC(C)(C)OC(=O)N[C@@H]1CCSCC1CO[Si](C)(C)C(C)(C)C.CC(C)(C)OC(=O)N[C@@H]1CCSC[C@H]1C(=O)O.CC(C)(C)OC(=O)N[C@@H]1CCSC[C@H]1C=O.CC(C)C.[2H]CF. The van der Waals surface area contributed by atoms with Gasteiger partial charge in [0.1, 0.15) is 28.7 Å². The summed E-state index contributed by atoms with van der Waals surface area (Å²) in [7, 11) is -5.80. The number of aliphatic carboxylic acids is 1. The van der Waals surface area contributed by atoms with Gasteiger partial charge in [0.05, 0.1) is 14.4 Å². The van der Waals surface area contributed by atoms with Crippen LogP contribution >= 0.6 is 35.3 Å². The number of aldehydes is 1. The summed E-state index contributed by atoms with van der Waals surface area (Å²) in [6, 6.07) is 9.67. The minimum atomic E-state index is -2.80. The van der Waals surface area contributed by atoms with E-state index >= 15 is 0 Å². The molecule has 0 bridgehead atoms. The normalized spacial score (nSPS) is 20.7. The lowest BCUT2D eigenvalue weighted by Gasteiger charge is -2.41. The van der Waals surface area contributed by atoms with Gasteiger partial charge in [0.25, 0.3) is 0 Å². The Bertz CT molecular complexity index is 2540. The summed E-state index contributed by atoms with van der Waals surface area (Å²) in [6.07, 6.45) is 4.10. The number of hydrogen-bond donors (Lipinski definition) is 5. The number of carboxylic acids is 1. The van der Waals surface area contributed by atoms with E-state index < -0.39 is 84.9 Å². The molecule has 1 aromatic carbocycles. The maximum Gasteiger partial charge on any atom is 0.407 e. The molecule has 4 rings (SSSR count). The summed E-state index contributed by atoms with van der Waals surface area (Å²) < 4.78 is 62.6. The number of alkyl halides is 1. The Labute approximate surface area is 617 Å². The van der Waals surface area contributed by atoms with Crippen molar-refractivity contribution >= 4 is 102 Å². The van der Waals surface area contributed by atoms with E-state index in [2.05, 4.69) is 149 Å². The van der Waals surface area contributed by atoms with E-state index in [-0.39, 0.29) is 57.2 Å². The van der Waals surface area contributed by atoms with E-state index in [4.69, 9.17) is 43.1 Å². The molecule has 0 spiro atoms. The highest BCUT2D eigenvalue weighted by Gasteiger charge is 2.51. The molecule has 4 amide bonds. The monoisotopic (exact) mass is 1510 g/mol. The Morgan fingerprint density at radius 2 is 1.01 bits per heavy atom. The van der Waals surface area contributed by atoms with Crippen LogP contribution in [0, 0.1) is 29.6 Å². The molecule has 99 heavy (non-hydrogen) atoms. The molecule has 5 N–H and O–H groups in total. The van der Waals surface area contributed by atoms with Crippen molar-refractivity contribution in [3.8, 4) is 0 Å². The minimum Gasteiger partial charge on any atom is -0.481 e. The first-order chi connectivity index (χ1) is 45.5. The fourth-order valence-electron chi connectivity index (χ4n) is 9.21. The van der Waals surface area contributed by atoms with Crippen LogP contribution in [0.5, 0.6) is 0 Å². The predicted octanol–water partition coefficient (Wildman–Crippen LogP) is 17.4. The van der Waals surface area contributed by atoms with Crippen LogP contribution in [0.4, 0.5) is 23.6 Å². The molecule has 3 aliphatic rings. The van der Waals surface area contributed by atoms with Gasteiger partial charge < -0.3 is 67.8 Å². The molecule has 3 aliphatic heterocycles. The molecule has 26 heteroatoms. The summed E-state index contributed by atoms with van der Waals surface area (Å²) in [6.45, 7) is 63.1. The third-order valence-electron chi connectivity index (χ3n) is 16.4. The molecule has 0 saturated carbocycles. The number of ether oxygens (including phenoxy) is 4. The number of amides is 4. The Hall–Kier alpha value is -3.35. The summed E-state index contributed by atoms with van der Waals surface area (Å²) in [5.74, 6) is 4.89. The van der Waals surface area contributed by atoms with Crippen LogP contribution in [0.25, 0.3) is 0 Å². The van der Waals surface area contributed by atoms with Crippen molar-refractivity contribution in [2.24, 2.45) is 29.6 Å². The van der Waals surface area contributed by atoms with Crippen molar-refractivity contribution in [3.63, 3.8) is 0 Å². The van der Waals surface area contributed by atoms with Crippen molar-refractivity contribution in [1.82, 2.24) is 21.3 Å². The Morgan fingerprint density at radius 3 is 1.41 bits per heavy atom. The van der Waals surface area contributed by atoms with Gasteiger partial charge in [-0.2, -0.15) is 35.3 Å². The highest BCUT2D eigenvalue weighted by Crippen LogP contribution is 2.40. The van der Waals surface area contributed by atoms with Gasteiger partial charge in [0, 0.05) is 91.1 Å². The molecule has 2 unspecified atom stereocenters. The quantitative estimate of drug-likeness (QED) is 0.0352. The summed E-state index contributed by atoms with van der Waals surface area (Å²) in [5.41, 5.74) is -2.11. The molecule has 3 fully saturated rings. The van der Waals surface area contributed by atoms with Gasteiger partial charge in [0.15, 0.2) is 16.6 Å². The van der Waals surface area contributed by atoms with Crippen LogP contribution in [0.15, 0.2) is 43.0 Å². The van der Waals surface area contributed by atoms with Crippen molar-refractivity contribution in [3.05, 3.63) is 43.0 Å². The lowest BCUT2D eigenvalue weighted by molar-refractivity contribution is -0.142. The first-order valence-corrected chi connectivity index (χ1v) is 46.0. The fraction of sp³-hybridized carbons (Fsp3) is 0.808. The number of alkyl carbamates (subject to hydrolysis) is 4. The van der Waals surface area contributed by atoms with Crippen LogP contribution in [-0.2, 0) is 46.2 Å². The number of nitrogens with one attached hydrogen (secondary N) is 4. The standard InChI is InChI=1S/C29H53NO5Si2.C17H35NO3SSi.C11H19NO4S.C11H19NO3S.C4H10.CH3F/c1-14-23(22-34-36(12,13)28(5,6)7)25(30-26(31)35-27(2,3)4)20-21-33-37(32-11,29(8,9)10)24-18-16-15-17-19-24;1-16(2,3)21-15(19)18-14-9-10-22-12-13(14)11-20-23(7,8)17(4,5)6;1-11(2,3)16-10(15)12-8-4-5-17-6-7(8)9(13)14;1-11(2,3)15-10(14)12-9-4-5-16-7-8(9)6-13;1-4(2)3;1-2/h14-19,23,25H,1,20-22H2,2-13H3,(H,30,31);13-14H,9-12H2,1-8H3,(H,18,19);7-8H,4-6H2,1-3H3,(H,12,15)(H,13,14);6,8-9H,4-5,7H2,1-3H3,(H,12,14);4H,1-3H3;1H3/t23-,25+,37?;13?,14-;7-,8-;8-,9-;;/m0111../s1/i;;;;;1D. The predicted molar refractivity (Wildman–Crippen MR) is 419 cm³/mol. The number of halogens is 1. The van der Waals surface area contributed by atoms with Crippen LogP contribution in [0.2, 0.25) is 41.3 Å². The van der Waals surface area contributed by atoms with E-state index in [9.17, 15) is 33.2 Å². The molecule has 0 aromatic heterocycles. The largest absolute Gasteiger partial charge is 0.481 e. The van der Waals surface area contributed by atoms with Gasteiger partial charge >= 0.3 is 38.9 Å². The maximum absolute atomic E-state index is 12.8. The second-order valence-electron chi connectivity index (χ2n) is 34.0. The average Bonchev–Trinajstić information content (AvgIpc) is 0.776. The molecule has 9 atom stereocenters.